The average Bonchev–Trinajstić information content (AvgIpc) is 2.34. The van der Waals surface area contributed by atoms with Crippen LogP contribution < -0.4 is 10.6 Å². The Hall–Kier alpha value is -1.13. The molecule has 1 aliphatic rings. The first-order chi connectivity index (χ1) is 8.53. The van der Waals surface area contributed by atoms with Crippen molar-refractivity contribution in [3.8, 4) is 0 Å². The molecule has 0 aromatic carbocycles. The monoisotopic (exact) mass is 267 g/mol. The van der Waals surface area contributed by atoms with Crippen LogP contribution >= 0.6 is 11.6 Å². The minimum absolute atomic E-state index is 0.0296. The van der Waals surface area contributed by atoms with Gasteiger partial charge >= 0.3 is 0 Å². The van der Waals surface area contributed by atoms with Crippen molar-refractivity contribution >= 4 is 23.2 Å². The number of amides is 1. The van der Waals surface area contributed by atoms with Gasteiger partial charge in [-0.05, 0) is 44.5 Å². The highest BCUT2D eigenvalue weighted by molar-refractivity contribution is 6.32. The second kappa shape index (κ2) is 5.24. The predicted octanol–water partition coefficient (Wildman–Crippen LogP) is 2.37. The number of nitrogens with zero attached hydrogens (tertiary/aromatic N) is 1. The SMILES string of the molecule is Cc1ccnc(Cl)c1NC(=O)C1(C)CCNCC1. The predicted molar refractivity (Wildman–Crippen MR) is 72.8 cm³/mol. The molecule has 0 radical (unpaired) electrons. The van der Waals surface area contributed by atoms with Gasteiger partial charge in [-0.3, -0.25) is 4.79 Å². The molecule has 5 heteroatoms. The molecule has 0 atom stereocenters. The molecule has 0 unspecified atom stereocenters. The van der Waals surface area contributed by atoms with Crippen LogP contribution in [0.4, 0.5) is 5.69 Å². The zero-order valence-electron chi connectivity index (χ0n) is 10.7. The van der Waals surface area contributed by atoms with Crippen molar-refractivity contribution in [1.29, 1.82) is 0 Å². The standard InChI is InChI=1S/C13H18ClN3O/c1-9-3-6-16-11(14)10(9)17-12(18)13(2)4-7-15-8-5-13/h3,6,15H,4-5,7-8H2,1-2H3,(H,17,18). The number of carbonyl (C=O) groups is 1. The van der Waals surface area contributed by atoms with E-state index in [0.717, 1.165) is 31.5 Å². The number of pyridine rings is 1. The maximum absolute atomic E-state index is 12.4. The molecular formula is C13H18ClN3O. The molecule has 1 amide bonds. The van der Waals surface area contributed by atoms with Crippen LogP contribution in [0, 0.1) is 12.3 Å². The Labute approximate surface area is 112 Å². The number of nitrogens with one attached hydrogen (secondary N) is 2. The maximum Gasteiger partial charge on any atom is 0.230 e. The summed E-state index contributed by atoms with van der Waals surface area (Å²) in [5.74, 6) is 0.0296. The molecule has 0 saturated carbocycles. The third-order valence-electron chi connectivity index (χ3n) is 3.61. The number of anilines is 1. The van der Waals surface area contributed by atoms with Gasteiger partial charge in [0, 0.05) is 11.6 Å². The van der Waals surface area contributed by atoms with Gasteiger partial charge in [0.15, 0.2) is 5.15 Å². The van der Waals surface area contributed by atoms with Crippen LogP contribution in [0.2, 0.25) is 5.15 Å². The van der Waals surface area contributed by atoms with Crippen LogP contribution in [-0.2, 0) is 4.79 Å². The highest BCUT2D eigenvalue weighted by Crippen LogP contribution is 2.31. The summed E-state index contributed by atoms with van der Waals surface area (Å²) < 4.78 is 0. The van der Waals surface area contributed by atoms with Gasteiger partial charge in [0.05, 0.1) is 5.69 Å². The molecule has 0 aliphatic carbocycles. The lowest BCUT2D eigenvalue weighted by atomic mass is 9.80. The molecule has 0 spiro atoms. The summed E-state index contributed by atoms with van der Waals surface area (Å²) in [4.78, 5) is 16.4. The summed E-state index contributed by atoms with van der Waals surface area (Å²) in [7, 11) is 0. The minimum Gasteiger partial charge on any atom is -0.323 e. The van der Waals surface area contributed by atoms with Gasteiger partial charge in [0.1, 0.15) is 0 Å². The van der Waals surface area contributed by atoms with Crippen LogP contribution in [0.25, 0.3) is 0 Å². The molecule has 1 aliphatic heterocycles. The van der Waals surface area contributed by atoms with Crippen LogP contribution in [0.15, 0.2) is 12.3 Å². The third kappa shape index (κ3) is 2.65. The zero-order chi connectivity index (χ0) is 13.2. The van der Waals surface area contributed by atoms with Gasteiger partial charge < -0.3 is 10.6 Å². The molecule has 4 nitrogen and oxygen atoms in total. The van der Waals surface area contributed by atoms with Gasteiger partial charge in [-0.2, -0.15) is 0 Å². The Bertz CT molecular complexity index is 435. The largest absolute Gasteiger partial charge is 0.323 e. The zero-order valence-corrected chi connectivity index (χ0v) is 11.5. The quantitative estimate of drug-likeness (QED) is 0.809. The lowest BCUT2D eigenvalue weighted by Crippen LogP contribution is -2.43. The van der Waals surface area contributed by atoms with Crippen molar-refractivity contribution in [3.63, 3.8) is 0 Å². The molecule has 2 rings (SSSR count). The molecule has 1 aromatic heterocycles. The van der Waals surface area contributed by atoms with Crippen LogP contribution in [0.1, 0.15) is 25.3 Å². The highest BCUT2D eigenvalue weighted by atomic mass is 35.5. The molecule has 1 fully saturated rings. The Morgan fingerprint density at radius 3 is 2.78 bits per heavy atom. The van der Waals surface area contributed by atoms with E-state index in [1.807, 2.05) is 19.9 Å². The molecule has 2 heterocycles. The fourth-order valence-corrected chi connectivity index (χ4v) is 2.40. The van der Waals surface area contributed by atoms with E-state index in [4.69, 9.17) is 11.6 Å². The number of piperidine rings is 1. The Morgan fingerprint density at radius 1 is 1.50 bits per heavy atom. The van der Waals surface area contributed by atoms with E-state index in [0.29, 0.717) is 10.8 Å². The number of hydrogen-bond acceptors (Lipinski definition) is 3. The summed E-state index contributed by atoms with van der Waals surface area (Å²) in [5, 5.41) is 6.54. The molecule has 18 heavy (non-hydrogen) atoms. The van der Waals surface area contributed by atoms with Crippen molar-refractivity contribution in [2.45, 2.75) is 26.7 Å². The molecule has 0 bridgehead atoms. The second-order valence-corrected chi connectivity index (χ2v) is 5.42. The van der Waals surface area contributed by atoms with Crippen LogP contribution in [0.3, 0.4) is 0 Å². The summed E-state index contributed by atoms with van der Waals surface area (Å²) in [6.45, 7) is 5.67. The van der Waals surface area contributed by atoms with Crippen molar-refractivity contribution in [2.75, 3.05) is 18.4 Å². The van der Waals surface area contributed by atoms with Crippen molar-refractivity contribution < 1.29 is 4.79 Å². The third-order valence-corrected chi connectivity index (χ3v) is 3.89. The van der Waals surface area contributed by atoms with E-state index in [1.54, 1.807) is 6.20 Å². The maximum atomic E-state index is 12.4. The van der Waals surface area contributed by atoms with E-state index >= 15 is 0 Å². The smallest absolute Gasteiger partial charge is 0.230 e. The molecule has 1 aromatic rings. The fraction of sp³-hybridized carbons (Fsp3) is 0.538. The van der Waals surface area contributed by atoms with Gasteiger partial charge in [-0.25, -0.2) is 4.98 Å². The summed E-state index contributed by atoms with van der Waals surface area (Å²) in [5.41, 5.74) is 1.24. The lowest BCUT2D eigenvalue weighted by molar-refractivity contribution is -0.126. The number of carbonyl (C=O) groups excluding carboxylic acids is 1. The Morgan fingerprint density at radius 2 is 2.17 bits per heavy atom. The summed E-state index contributed by atoms with van der Waals surface area (Å²) in [6.07, 6.45) is 3.32. The number of hydrogen-bond donors (Lipinski definition) is 2. The first kappa shape index (κ1) is 13.3. The number of aromatic nitrogens is 1. The van der Waals surface area contributed by atoms with Crippen LogP contribution in [-0.4, -0.2) is 24.0 Å². The minimum atomic E-state index is -0.323. The molecule has 1 saturated heterocycles. The molecular weight excluding hydrogens is 250 g/mol. The van der Waals surface area contributed by atoms with E-state index in [9.17, 15) is 4.79 Å². The topological polar surface area (TPSA) is 54.0 Å². The van der Waals surface area contributed by atoms with Crippen molar-refractivity contribution in [2.24, 2.45) is 5.41 Å². The number of aryl methyl sites for hydroxylation is 1. The Kier molecular flexibility index (Phi) is 3.88. The fourth-order valence-electron chi connectivity index (χ4n) is 2.15. The van der Waals surface area contributed by atoms with E-state index in [2.05, 4.69) is 15.6 Å². The first-order valence-electron chi connectivity index (χ1n) is 6.16. The van der Waals surface area contributed by atoms with Crippen LogP contribution in [0.5, 0.6) is 0 Å². The average molecular weight is 268 g/mol. The van der Waals surface area contributed by atoms with Crippen molar-refractivity contribution in [1.82, 2.24) is 10.3 Å². The van der Waals surface area contributed by atoms with E-state index in [1.165, 1.54) is 0 Å². The van der Waals surface area contributed by atoms with E-state index < -0.39 is 0 Å². The molecule has 2 N–H and O–H groups in total. The van der Waals surface area contributed by atoms with Crippen molar-refractivity contribution in [3.05, 3.63) is 23.0 Å². The van der Waals surface area contributed by atoms with Gasteiger partial charge in [0.25, 0.3) is 0 Å². The van der Waals surface area contributed by atoms with Gasteiger partial charge in [0.2, 0.25) is 5.91 Å². The number of rotatable bonds is 2. The molecule has 98 valence electrons. The normalized spacial score (nSPS) is 18.4. The van der Waals surface area contributed by atoms with Gasteiger partial charge in [-0.1, -0.05) is 18.5 Å². The highest BCUT2D eigenvalue weighted by Gasteiger charge is 2.34. The second-order valence-electron chi connectivity index (χ2n) is 5.06. The number of halogens is 1. The lowest BCUT2D eigenvalue weighted by Gasteiger charge is -2.32. The summed E-state index contributed by atoms with van der Waals surface area (Å²) in [6, 6.07) is 1.84. The Balaban J connectivity index is 2.16. The van der Waals surface area contributed by atoms with Gasteiger partial charge in [-0.15, -0.1) is 0 Å². The summed E-state index contributed by atoms with van der Waals surface area (Å²) >= 11 is 6.02. The first-order valence-corrected chi connectivity index (χ1v) is 6.54. The van der Waals surface area contributed by atoms with E-state index in [-0.39, 0.29) is 11.3 Å².